The van der Waals surface area contributed by atoms with Gasteiger partial charge in [-0.3, -0.25) is 9.36 Å². The van der Waals surface area contributed by atoms with Gasteiger partial charge < -0.3 is 52.7 Å². The van der Waals surface area contributed by atoms with Gasteiger partial charge in [0.05, 0.1) is 138 Å². The molecule has 0 amide bonds. The highest BCUT2D eigenvalue weighted by Gasteiger charge is 2.22. The van der Waals surface area contributed by atoms with E-state index in [-0.39, 0.29) is 38.2 Å². The second-order valence-corrected chi connectivity index (χ2v) is 10.8. The molecule has 0 radical (unpaired) electrons. The van der Waals surface area contributed by atoms with E-state index in [1.807, 2.05) is 0 Å². The Morgan fingerprint density at radius 2 is 1.09 bits per heavy atom. The van der Waals surface area contributed by atoms with Gasteiger partial charge in [-0.15, -0.1) is 5.10 Å². The molecule has 0 fully saturated rings. The molecule has 43 heavy (non-hydrogen) atoms. The van der Waals surface area contributed by atoms with Crippen LogP contribution >= 0.6 is 7.60 Å². The van der Waals surface area contributed by atoms with Gasteiger partial charge in [-0.2, -0.15) is 0 Å². The topological polar surface area (TPSA) is 183 Å². The number of ketones is 1. The molecule has 1 aromatic heterocycles. The molecule has 17 heteroatoms. The third-order valence-corrected chi connectivity index (χ3v) is 7.20. The Kier molecular flexibility index (Phi) is 25.9. The molecule has 0 saturated heterocycles. The van der Waals surface area contributed by atoms with Crippen LogP contribution < -0.4 is 5.73 Å². The van der Waals surface area contributed by atoms with E-state index in [1.165, 1.54) is 4.68 Å². The number of hydrogen-bond acceptors (Lipinski definition) is 15. The number of ether oxygens (including phenoxy) is 8. The van der Waals surface area contributed by atoms with Crippen LogP contribution in [0.3, 0.4) is 0 Å². The molecular weight excluding hydrogens is 591 g/mol. The summed E-state index contributed by atoms with van der Waals surface area (Å²) in [5, 5.41) is 7.78. The van der Waals surface area contributed by atoms with Crippen LogP contribution in [0.1, 0.15) is 19.5 Å². The summed E-state index contributed by atoms with van der Waals surface area (Å²) in [6, 6.07) is 0. The van der Waals surface area contributed by atoms with E-state index >= 15 is 0 Å². The fourth-order valence-corrected chi connectivity index (χ4v) is 4.65. The molecule has 1 heterocycles. The molecule has 1 aromatic rings. The van der Waals surface area contributed by atoms with Crippen molar-refractivity contribution in [3.05, 3.63) is 11.9 Å². The van der Waals surface area contributed by atoms with Gasteiger partial charge in [0.2, 0.25) is 0 Å². The van der Waals surface area contributed by atoms with Crippen LogP contribution in [0.15, 0.2) is 6.20 Å². The maximum atomic E-state index is 12.3. The lowest BCUT2D eigenvalue weighted by Gasteiger charge is -2.16. The van der Waals surface area contributed by atoms with Gasteiger partial charge in [0.25, 0.3) is 0 Å². The summed E-state index contributed by atoms with van der Waals surface area (Å²) in [7, 11) is -3.05. The minimum atomic E-state index is -3.05. The molecule has 0 aliphatic heterocycles. The van der Waals surface area contributed by atoms with Crippen molar-refractivity contribution >= 4 is 13.4 Å². The Balaban J connectivity index is 1.74. The normalized spacial score (nSPS) is 11.9. The van der Waals surface area contributed by atoms with Crippen molar-refractivity contribution in [3.8, 4) is 0 Å². The first-order chi connectivity index (χ1) is 21.0. The Hall–Kier alpha value is -1.40. The van der Waals surface area contributed by atoms with E-state index in [9.17, 15) is 9.36 Å². The van der Waals surface area contributed by atoms with Crippen molar-refractivity contribution in [1.82, 2.24) is 15.0 Å². The van der Waals surface area contributed by atoms with Crippen LogP contribution in [0.4, 0.5) is 0 Å². The van der Waals surface area contributed by atoms with Crippen molar-refractivity contribution in [2.24, 2.45) is 5.73 Å². The highest BCUT2D eigenvalue weighted by atomic mass is 31.2. The van der Waals surface area contributed by atoms with Gasteiger partial charge >= 0.3 is 7.60 Å². The number of Topliss-reactive ketones (excluding diaryl/α,β-unsaturated/α-hetero) is 1. The molecule has 0 atom stereocenters. The molecule has 0 saturated carbocycles. The zero-order chi connectivity index (χ0) is 31.3. The summed E-state index contributed by atoms with van der Waals surface area (Å²) in [5.74, 6) is -0.116. The van der Waals surface area contributed by atoms with Crippen LogP contribution in [-0.4, -0.2) is 146 Å². The largest absolute Gasteiger partial charge is 0.378 e. The lowest BCUT2D eigenvalue weighted by Crippen LogP contribution is -2.19. The van der Waals surface area contributed by atoms with E-state index in [0.717, 1.165) is 0 Å². The minimum absolute atomic E-state index is 0.0232. The standard InChI is InChI=1S/C26H51N4O12P/c1-3-41-43(32,42-4-2)20-19-39-16-15-37-12-11-35-8-7-33-5-6-34-9-10-36-13-14-38-17-18-40-24-25-22-30(29-28-25)23-26(31)21-27/h22H,3-21,23-24,27H2,1-2H3. The van der Waals surface area contributed by atoms with Gasteiger partial charge in [0.15, 0.2) is 5.78 Å². The summed E-state index contributed by atoms with van der Waals surface area (Å²) in [6.07, 6.45) is 1.88. The average Bonchev–Trinajstić information content (AvgIpc) is 3.44. The van der Waals surface area contributed by atoms with Gasteiger partial charge in [-0.05, 0) is 13.8 Å². The van der Waals surface area contributed by atoms with Crippen molar-refractivity contribution in [1.29, 1.82) is 0 Å². The number of nitrogens with zero attached hydrogens (tertiary/aromatic N) is 3. The zero-order valence-electron chi connectivity index (χ0n) is 25.7. The lowest BCUT2D eigenvalue weighted by molar-refractivity contribution is -0.118. The zero-order valence-corrected chi connectivity index (χ0v) is 26.6. The number of hydrogen-bond donors (Lipinski definition) is 1. The molecule has 1 rings (SSSR count). The maximum Gasteiger partial charge on any atom is 0.332 e. The smallest absolute Gasteiger partial charge is 0.332 e. The van der Waals surface area contributed by atoms with Crippen molar-refractivity contribution < 1.29 is 56.3 Å². The average molecular weight is 643 g/mol. The Morgan fingerprint density at radius 3 is 1.49 bits per heavy atom. The number of carbonyl (C=O) groups is 1. The quantitative estimate of drug-likeness (QED) is 0.0835. The van der Waals surface area contributed by atoms with E-state index in [0.29, 0.717) is 111 Å². The first kappa shape index (κ1) is 39.6. The van der Waals surface area contributed by atoms with Crippen LogP contribution in [0, 0.1) is 0 Å². The molecule has 0 bridgehead atoms. The van der Waals surface area contributed by atoms with Crippen LogP contribution in [0.5, 0.6) is 0 Å². The van der Waals surface area contributed by atoms with Crippen molar-refractivity contribution in [3.63, 3.8) is 0 Å². The molecule has 0 spiro atoms. The molecular formula is C26H51N4O12P. The third-order valence-electron chi connectivity index (χ3n) is 5.17. The minimum Gasteiger partial charge on any atom is -0.378 e. The molecule has 0 aromatic carbocycles. The van der Waals surface area contributed by atoms with Crippen molar-refractivity contribution in [2.45, 2.75) is 27.0 Å². The summed E-state index contributed by atoms with van der Waals surface area (Å²) < 4.78 is 67.7. The van der Waals surface area contributed by atoms with Crippen molar-refractivity contribution in [2.75, 3.05) is 125 Å². The van der Waals surface area contributed by atoms with Crippen LogP contribution in [0.2, 0.25) is 0 Å². The Morgan fingerprint density at radius 1 is 0.698 bits per heavy atom. The van der Waals surface area contributed by atoms with Crippen LogP contribution in [-0.2, 0) is 69.5 Å². The highest BCUT2D eigenvalue weighted by molar-refractivity contribution is 7.53. The summed E-state index contributed by atoms with van der Waals surface area (Å²) in [5.41, 5.74) is 5.92. The first-order valence-electron chi connectivity index (χ1n) is 14.6. The SMILES string of the molecule is CCOP(=O)(CCOCCOCCOCCOCCOCCOCCOCCOCc1cn(CC(=O)CN)nn1)OCC. The number of nitrogens with two attached hydrogens (primary N) is 1. The van der Waals surface area contributed by atoms with E-state index < -0.39 is 7.60 Å². The van der Waals surface area contributed by atoms with Gasteiger partial charge in [-0.25, -0.2) is 4.68 Å². The van der Waals surface area contributed by atoms with Gasteiger partial charge in [0, 0.05) is 0 Å². The molecule has 0 aliphatic rings. The third kappa shape index (κ3) is 23.6. The predicted octanol–water partition coefficient (Wildman–Crippen LogP) is 0.705. The first-order valence-corrected chi connectivity index (χ1v) is 16.4. The maximum absolute atomic E-state index is 12.3. The fraction of sp³-hybridized carbons (Fsp3) is 0.885. The monoisotopic (exact) mass is 642 g/mol. The highest BCUT2D eigenvalue weighted by Crippen LogP contribution is 2.47. The Labute approximate surface area is 254 Å². The van der Waals surface area contributed by atoms with E-state index in [2.05, 4.69) is 10.3 Å². The molecule has 16 nitrogen and oxygen atoms in total. The second kappa shape index (κ2) is 28.1. The second-order valence-electron chi connectivity index (χ2n) is 8.66. The summed E-state index contributed by atoms with van der Waals surface area (Å²) in [6.45, 7) is 11.2. The molecule has 0 aliphatic carbocycles. The fourth-order valence-electron chi connectivity index (χ4n) is 3.18. The predicted molar refractivity (Wildman–Crippen MR) is 155 cm³/mol. The lowest BCUT2D eigenvalue weighted by atomic mass is 10.4. The van der Waals surface area contributed by atoms with E-state index in [1.54, 1.807) is 20.0 Å². The molecule has 2 N–H and O–H groups in total. The molecule has 252 valence electrons. The van der Waals surface area contributed by atoms with Crippen LogP contribution in [0.25, 0.3) is 0 Å². The summed E-state index contributed by atoms with van der Waals surface area (Å²) in [4.78, 5) is 11.3. The molecule has 0 unspecified atom stereocenters. The number of rotatable bonds is 33. The van der Waals surface area contributed by atoms with Gasteiger partial charge in [0.1, 0.15) is 12.2 Å². The number of aromatic nitrogens is 3. The Bertz CT molecular complexity index is 826. The number of carbonyl (C=O) groups excluding carboxylic acids is 1. The van der Waals surface area contributed by atoms with E-state index in [4.69, 9.17) is 52.7 Å². The van der Waals surface area contributed by atoms with Gasteiger partial charge in [-0.1, -0.05) is 5.21 Å². The summed E-state index contributed by atoms with van der Waals surface area (Å²) >= 11 is 0.